The van der Waals surface area contributed by atoms with Crippen molar-refractivity contribution in [3.63, 3.8) is 0 Å². The van der Waals surface area contributed by atoms with Gasteiger partial charge in [-0.05, 0) is 49.4 Å². The van der Waals surface area contributed by atoms with Crippen LogP contribution < -0.4 is 14.8 Å². The first-order valence-electron chi connectivity index (χ1n) is 9.10. The van der Waals surface area contributed by atoms with Crippen LogP contribution in [-0.2, 0) is 4.79 Å². The Morgan fingerprint density at radius 2 is 1.93 bits per heavy atom. The number of benzene rings is 2. The van der Waals surface area contributed by atoms with E-state index in [9.17, 15) is 14.0 Å². The van der Waals surface area contributed by atoms with Gasteiger partial charge in [0.05, 0.1) is 17.3 Å². The number of aryl methyl sites for hydroxylation is 1. The van der Waals surface area contributed by atoms with Gasteiger partial charge in [-0.25, -0.2) is 9.07 Å². The molecule has 2 aromatic carbocycles. The number of hydrogen-bond donors (Lipinski definition) is 1. The minimum atomic E-state index is -0.673. The number of nitrogens with one attached hydrogen (secondary N) is 1. The van der Waals surface area contributed by atoms with E-state index < -0.39 is 5.92 Å². The molecule has 5 rings (SSSR count). The largest absolute Gasteiger partial charge is 0.454 e. The highest BCUT2D eigenvalue weighted by Crippen LogP contribution is 2.40. The molecule has 0 saturated carbocycles. The first-order valence-corrected chi connectivity index (χ1v) is 9.10. The summed E-state index contributed by atoms with van der Waals surface area (Å²) in [5.41, 5.74) is 2.32. The Hall–Kier alpha value is -3.68. The summed E-state index contributed by atoms with van der Waals surface area (Å²) in [6, 6.07) is 10.8. The van der Waals surface area contributed by atoms with E-state index in [1.807, 2.05) is 0 Å². The lowest BCUT2D eigenvalue weighted by atomic mass is 9.85. The Bertz CT molecular complexity index is 1150. The van der Waals surface area contributed by atoms with Crippen molar-refractivity contribution in [1.29, 1.82) is 0 Å². The standard InChI is InChI=1S/C21H16FN3O4/c1-11-19-15(20(27)12-2-7-16-17(8-12)29-10-28-16)9-18(26)23-21(19)25(24-11)14-5-3-13(22)4-6-14/h2-8,15H,9-10H2,1H3,(H,23,26)/t15-/m1/s1. The van der Waals surface area contributed by atoms with E-state index in [0.717, 1.165) is 0 Å². The monoisotopic (exact) mass is 393 g/mol. The van der Waals surface area contributed by atoms with Gasteiger partial charge in [0, 0.05) is 17.5 Å². The van der Waals surface area contributed by atoms with Crippen LogP contribution in [0, 0.1) is 12.7 Å². The second-order valence-electron chi connectivity index (χ2n) is 6.97. The first-order chi connectivity index (χ1) is 14.0. The lowest BCUT2D eigenvalue weighted by Gasteiger charge is -2.23. The van der Waals surface area contributed by atoms with Gasteiger partial charge in [-0.2, -0.15) is 5.10 Å². The number of anilines is 1. The molecule has 1 atom stereocenters. The normalized spacial score (nSPS) is 17.0. The molecule has 3 heterocycles. The number of ketones is 1. The maximum atomic E-state index is 13.3. The maximum Gasteiger partial charge on any atom is 0.231 e. The quantitative estimate of drug-likeness (QED) is 0.690. The van der Waals surface area contributed by atoms with Crippen molar-refractivity contribution < 1.29 is 23.5 Å². The van der Waals surface area contributed by atoms with Gasteiger partial charge in [0.2, 0.25) is 12.7 Å². The Labute approximate surface area is 165 Å². The van der Waals surface area contributed by atoms with Gasteiger partial charge in [-0.1, -0.05) is 0 Å². The highest BCUT2D eigenvalue weighted by molar-refractivity contribution is 6.08. The first kappa shape index (κ1) is 17.4. The van der Waals surface area contributed by atoms with Gasteiger partial charge in [0.15, 0.2) is 17.3 Å². The van der Waals surface area contributed by atoms with E-state index in [0.29, 0.717) is 39.8 Å². The summed E-state index contributed by atoms with van der Waals surface area (Å²) in [7, 11) is 0. The van der Waals surface area contributed by atoms with Crippen LogP contribution in [0.2, 0.25) is 0 Å². The van der Waals surface area contributed by atoms with Gasteiger partial charge < -0.3 is 14.8 Å². The fraction of sp³-hybridized carbons (Fsp3) is 0.190. The number of Topliss-reactive ketones (excluding diaryl/α,β-unsaturated/α-hetero) is 1. The van der Waals surface area contributed by atoms with E-state index in [1.54, 1.807) is 37.3 Å². The third-order valence-corrected chi connectivity index (χ3v) is 5.15. The number of fused-ring (bicyclic) bond motifs is 2. The Morgan fingerprint density at radius 1 is 1.17 bits per heavy atom. The summed E-state index contributed by atoms with van der Waals surface area (Å²) in [6.45, 7) is 1.91. The van der Waals surface area contributed by atoms with Gasteiger partial charge in [-0.3, -0.25) is 9.59 Å². The second-order valence-corrected chi connectivity index (χ2v) is 6.97. The Balaban J connectivity index is 1.58. The van der Waals surface area contributed by atoms with Crippen LogP contribution in [-0.4, -0.2) is 28.3 Å². The zero-order valence-electron chi connectivity index (χ0n) is 15.4. The minimum absolute atomic E-state index is 0.0240. The minimum Gasteiger partial charge on any atom is -0.454 e. The summed E-state index contributed by atoms with van der Waals surface area (Å²) in [4.78, 5) is 25.7. The number of carbonyl (C=O) groups is 2. The van der Waals surface area contributed by atoms with Crippen molar-refractivity contribution in [2.45, 2.75) is 19.3 Å². The van der Waals surface area contributed by atoms with Crippen LogP contribution in [0.1, 0.15) is 34.0 Å². The average Bonchev–Trinajstić information content (AvgIpc) is 3.31. The van der Waals surface area contributed by atoms with Gasteiger partial charge in [0.1, 0.15) is 11.6 Å². The molecule has 1 amide bonds. The van der Waals surface area contributed by atoms with Gasteiger partial charge >= 0.3 is 0 Å². The Kier molecular flexibility index (Phi) is 3.87. The molecule has 0 radical (unpaired) electrons. The van der Waals surface area contributed by atoms with Crippen LogP contribution in [0.4, 0.5) is 10.2 Å². The fourth-order valence-corrected chi connectivity index (χ4v) is 3.79. The van der Waals surface area contributed by atoms with Crippen LogP contribution in [0.5, 0.6) is 11.5 Å². The van der Waals surface area contributed by atoms with Crippen LogP contribution >= 0.6 is 0 Å². The molecular weight excluding hydrogens is 377 g/mol. The van der Waals surface area contributed by atoms with Crippen LogP contribution in [0.3, 0.4) is 0 Å². The SMILES string of the molecule is Cc1nn(-c2ccc(F)cc2)c2c1[C@H](C(=O)c1ccc3c(c1)OCO3)CC(=O)N2. The van der Waals surface area contributed by atoms with Gasteiger partial charge in [-0.15, -0.1) is 0 Å². The molecule has 0 spiro atoms. The van der Waals surface area contributed by atoms with Crippen molar-refractivity contribution in [2.24, 2.45) is 0 Å². The van der Waals surface area contributed by atoms with E-state index in [4.69, 9.17) is 9.47 Å². The predicted molar refractivity (Wildman–Crippen MR) is 101 cm³/mol. The molecule has 2 aliphatic heterocycles. The number of hydrogen-bond acceptors (Lipinski definition) is 5. The summed E-state index contributed by atoms with van der Waals surface area (Å²) in [5, 5.41) is 7.30. The third kappa shape index (κ3) is 2.84. The maximum absolute atomic E-state index is 13.3. The summed E-state index contributed by atoms with van der Waals surface area (Å²) < 4.78 is 25.5. The smallest absolute Gasteiger partial charge is 0.231 e. The lowest BCUT2D eigenvalue weighted by molar-refractivity contribution is -0.116. The van der Waals surface area contributed by atoms with Crippen molar-refractivity contribution >= 4 is 17.5 Å². The van der Waals surface area contributed by atoms with E-state index in [-0.39, 0.29) is 30.7 Å². The number of rotatable bonds is 3. The zero-order valence-corrected chi connectivity index (χ0v) is 15.4. The van der Waals surface area contributed by atoms with E-state index in [2.05, 4.69) is 10.4 Å². The fourth-order valence-electron chi connectivity index (χ4n) is 3.79. The lowest BCUT2D eigenvalue weighted by Crippen LogP contribution is -2.28. The highest BCUT2D eigenvalue weighted by Gasteiger charge is 2.36. The molecule has 7 nitrogen and oxygen atoms in total. The molecule has 0 aliphatic carbocycles. The van der Waals surface area contributed by atoms with Crippen LogP contribution in [0.15, 0.2) is 42.5 Å². The molecule has 146 valence electrons. The molecule has 0 unspecified atom stereocenters. The molecule has 1 aromatic heterocycles. The average molecular weight is 393 g/mol. The molecule has 2 aliphatic rings. The number of aromatic nitrogens is 2. The summed E-state index contributed by atoms with van der Waals surface area (Å²) >= 11 is 0. The molecule has 8 heteroatoms. The molecular formula is C21H16FN3O4. The second kappa shape index (κ2) is 6.44. The van der Waals surface area contributed by atoms with Crippen molar-refractivity contribution in [1.82, 2.24) is 9.78 Å². The molecule has 3 aromatic rings. The molecule has 1 N–H and O–H groups in total. The highest BCUT2D eigenvalue weighted by atomic mass is 19.1. The summed E-state index contributed by atoms with van der Waals surface area (Å²) in [6.07, 6.45) is 0.0240. The van der Waals surface area contributed by atoms with Crippen molar-refractivity contribution in [3.05, 3.63) is 65.1 Å². The number of halogens is 1. The number of ether oxygens (including phenoxy) is 2. The van der Waals surface area contributed by atoms with E-state index >= 15 is 0 Å². The topological polar surface area (TPSA) is 82.5 Å². The number of nitrogens with zero attached hydrogens (tertiary/aromatic N) is 2. The van der Waals surface area contributed by atoms with Crippen molar-refractivity contribution in [3.8, 4) is 17.2 Å². The van der Waals surface area contributed by atoms with Crippen LogP contribution in [0.25, 0.3) is 5.69 Å². The molecule has 0 saturated heterocycles. The molecule has 29 heavy (non-hydrogen) atoms. The van der Waals surface area contributed by atoms with Crippen molar-refractivity contribution in [2.75, 3.05) is 12.1 Å². The summed E-state index contributed by atoms with van der Waals surface area (Å²) in [5.74, 6) is 0.0178. The van der Waals surface area contributed by atoms with Gasteiger partial charge in [0.25, 0.3) is 0 Å². The molecule has 0 bridgehead atoms. The predicted octanol–water partition coefficient (Wildman–Crippen LogP) is 3.36. The third-order valence-electron chi connectivity index (χ3n) is 5.15. The zero-order chi connectivity index (χ0) is 20.1. The number of carbonyl (C=O) groups excluding carboxylic acids is 2. The molecule has 0 fully saturated rings. The van der Waals surface area contributed by atoms with E-state index in [1.165, 1.54) is 16.8 Å². The Morgan fingerprint density at radius 3 is 2.72 bits per heavy atom. The number of amides is 1.